The maximum absolute atomic E-state index is 11.2. The topological polar surface area (TPSA) is 80.0 Å². The Balaban J connectivity index is 1.65. The number of thioether (sulfide) groups is 1. The molecule has 1 aliphatic heterocycles. The maximum atomic E-state index is 11.2. The third kappa shape index (κ3) is 3.26. The van der Waals surface area contributed by atoms with Gasteiger partial charge in [-0.3, -0.25) is 0 Å². The van der Waals surface area contributed by atoms with Crippen molar-refractivity contribution in [2.24, 2.45) is 7.05 Å². The number of hydrogen-bond donors (Lipinski definition) is 1. The number of hydrogen-bond acceptors (Lipinski definition) is 7. The van der Waals surface area contributed by atoms with E-state index in [9.17, 15) is 5.11 Å². The Labute approximate surface area is 156 Å². The normalized spacial score (nSPS) is 20.7. The minimum atomic E-state index is -0.840. The van der Waals surface area contributed by atoms with Gasteiger partial charge in [-0.2, -0.15) is 0 Å². The average molecular weight is 370 g/mol. The van der Waals surface area contributed by atoms with E-state index >= 15 is 0 Å². The van der Waals surface area contributed by atoms with E-state index in [1.165, 1.54) is 4.90 Å². The molecule has 1 atom stereocenters. The van der Waals surface area contributed by atoms with Gasteiger partial charge in [0.2, 0.25) is 0 Å². The van der Waals surface area contributed by atoms with Gasteiger partial charge in [-0.15, -0.1) is 22.0 Å². The molecule has 136 valence electrons. The predicted octanol–water partition coefficient (Wildman–Crippen LogP) is 2.05. The molecule has 1 N–H and O–H groups in total. The van der Waals surface area contributed by atoms with E-state index in [0.29, 0.717) is 13.0 Å². The molecule has 26 heavy (non-hydrogen) atoms. The number of piperidine rings is 1. The monoisotopic (exact) mass is 370 g/mol. The molecule has 0 aliphatic carbocycles. The summed E-state index contributed by atoms with van der Waals surface area (Å²) in [5.41, 5.74) is 0.0863. The highest BCUT2D eigenvalue weighted by Crippen LogP contribution is 2.32. The molecular weight excluding hydrogens is 348 g/mol. The molecule has 0 bridgehead atoms. The number of β-amino-alcohol motifs (C(OH)–C–C–N with tert-alkyl or cyclic N) is 1. The molecule has 2 aromatic heterocycles. The fourth-order valence-electron chi connectivity index (χ4n) is 3.60. The van der Waals surface area contributed by atoms with Crippen molar-refractivity contribution in [3.63, 3.8) is 0 Å². The molecule has 1 unspecified atom stereocenters. The Hall–Kier alpha value is -2.19. The predicted molar refractivity (Wildman–Crippen MR) is 102 cm³/mol. The third-order valence-corrected chi connectivity index (χ3v) is 5.69. The molecule has 1 aromatic carbocycles. The van der Waals surface area contributed by atoms with E-state index in [0.717, 1.165) is 41.9 Å². The first kappa shape index (κ1) is 17.2. The number of nitrogens with zero attached hydrogens (tertiary/aromatic N) is 6. The number of fused-ring (bicyclic) bond motifs is 1. The summed E-state index contributed by atoms with van der Waals surface area (Å²) >= 11 is 1.70. The molecule has 7 nitrogen and oxygen atoms in total. The zero-order valence-corrected chi connectivity index (χ0v) is 15.8. The van der Waals surface area contributed by atoms with Gasteiger partial charge in [0.15, 0.2) is 0 Å². The van der Waals surface area contributed by atoms with Gasteiger partial charge in [0, 0.05) is 36.8 Å². The smallest absolute Gasteiger partial charge is 0.140 e. The summed E-state index contributed by atoms with van der Waals surface area (Å²) in [5.74, 6) is 1.69. The highest BCUT2D eigenvalue weighted by Gasteiger charge is 2.35. The van der Waals surface area contributed by atoms with Gasteiger partial charge < -0.3 is 14.6 Å². The van der Waals surface area contributed by atoms with Crippen LogP contribution in [0.3, 0.4) is 0 Å². The van der Waals surface area contributed by atoms with Crippen molar-refractivity contribution in [3.05, 3.63) is 36.7 Å². The number of aromatic nitrogens is 5. The van der Waals surface area contributed by atoms with E-state index in [1.807, 2.05) is 17.7 Å². The van der Waals surface area contributed by atoms with Gasteiger partial charge in [0.1, 0.15) is 24.3 Å². The standard InChI is InChI=1S/C18H22N6OS/c1-23-12-21-22-16(23)9-18(25)6-3-7-24(10-18)17-14-8-13(26-2)4-5-15(14)19-11-20-17/h4-5,8,11-12,25H,3,6-7,9-10H2,1-2H3. The average Bonchev–Trinajstić information content (AvgIpc) is 3.04. The van der Waals surface area contributed by atoms with Crippen LogP contribution in [0.15, 0.2) is 35.7 Å². The zero-order chi connectivity index (χ0) is 18.1. The van der Waals surface area contributed by atoms with Crippen LogP contribution in [0.1, 0.15) is 18.7 Å². The largest absolute Gasteiger partial charge is 0.388 e. The second kappa shape index (κ2) is 6.85. The summed E-state index contributed by atoms with van der Waals surface area (Å²) in [5, 5.41) is 20.3. The van der Waals surface area contributed by atoms with Crippen LogP contribution < -0.4 is 4.90 Å². The maximum Gasteiger partial charge on any atom is 0.140 e. The second-order valence-corrected chi connectivity index (χ2v) is 7.74. The minimum absolute atomic E-state index is 0.485. The second-order valence-electron chi connectivity index (χ2n) is 6.86. The summed E-state index contributed by atoms with van der Waals surface area (Å²) in [6, 6.07) is 6.23. The first-order valence-electron chi connectivity index (χ1n) is 8.67. The van der Waals surface area contributed by atoms with Crippen LogP contribution in [0.5, 0.6) is 0 Å². The van der Waals surface area contributed by atoms with Crippen LogP contribution in [-0.2, 0) is 13.5 Å². The lowest BCUT2D eigenvalue weighted by Gasteiger charge is -2.39. The van der Waals surface area contributed by atoms with Crippen molar-refractivity contribution in [1.82, 2.24) is 24.7 Å². The SMILES string of the molecule is CSc1ccc2ncnc(N3CCCC(O)(Cc4nncn4C)C3)c2c1. The molecule has 1 aliphatic rings. The van der Waals surface area contributed by atoms with Crippen LogP contribution in [0.2, 0.25) is 0 Å². The van der Waals surface area contributed by atoms with Crippen molar-refractivity contribution in [2.75, 3.05) is 24.2 Å². The minimum Gasteiger partial charge on any atom is -0.388 e. The number of aryl methyl sites for hydroxylation is 1. The molecule has 1 fully saturated rings. The van der Waals surface area contributed by atoms with Crippen LogP contribution in [0.4, 0.5) is 5.82 Å². The fraction of sp³-hybridized carbons (Fsp3) is 0.444. The molecule has 0 spiro atoms. The van der Waals surface area contributed by atoms with E-state index in [4.69, 9.17) is 0 Å². The molecular formula is C18H22N6OS. The molecule has 0 radical (unpaired) electrons. The number of rotatable bonds is 4. The Bertz CT molecular complexity index is 929. The molecule has 3 heterocycles. The molecule has 0 saturated carbocycles. The molecule has 0 amide bonds. The van der Waals surface area contributed by atoms with Crippen molar-refractivity contribution in [2.45, 2.75) is 29.8 Å². The Kier molecular flexibility index (Phi) is 4.54. The summed E-state index contributed by atoms with van der Waals surface area (Å²) in [6.45, 7) is 1.40. The van der Waals surface area contributed by atoms with Crippen molar-refractivity contribution in [3.8, 4) is 0 Å². The van der Waals surface area contributed by atoms with Gasteiger partial charge in [-0.25, -0.2) is 9.97 Å². The fourth-order valence-corrected chi connectivity index (χ4v) is 4.04. The van der Waals surface area contributed by atoms with Crippen molar-refractivity contribution >= 4 is 28.5 Å². The summed E-state index contributed by atoms with van der Waals surface area (Å²) in [6.07, 6.45) is 7.47. The highest BCUT2D eigenvalue weighted by molar-refractivity contribution is 7.98. The van der Waals surface area contributed by atoms with Crippen molar-refractivity contribution in [1.29, 1.82) is 0 Å². The summed E-state index contributed by atoms with van der Waals surface area (Å²) in [4.78, 5) is 12.3. The third-order valence-electron chi connectivity index (χ3n) is 4.97. The lowest BCUT2D eigenvalue weighted by atomic mass is 9.89. The van der Waals surface area contributed by atoms with E-state index < -0.39 is 5.60 Å². The Morgan fingerprint density at radius 3 is 2.96 bits per heavy atom. The van der Waals surface area contributed by atoms with Crippen LogP contribution in [0.25, 0.3) is 10.9 Å². The zero-order valence-electron chi connectivity index (χ0n) is 15.0. The lowest BCUT2D eigenvalue weighted by Crippen LogP contribution is -2.50. The van der Waals surface area contributed by atoms with E-state index in [2.05, 4.69) is 43.5 Å². The van der Waals surface area contributed by atoms with E-state index in [1.54, 1.807) is 24.4 Å². The lowest BCUT2D eigenvalue weighted by molar-refractivity contribution is 0.0237. The summed E-state index contributed by atoms with van der Waals surface area (Å²) in [7, 11) is 1.90. The Morgan fingerprint density at radius 2 is 2.19 bits per heavy atom. The van der Waals surface area contributed by atoms with Gasteiger partial charge in [-0.05, 0) is 37.3 Å². The quantitative estimate of drug-likeness (QED) is 0.704. The Morgan fingerprint density at radius 1 is 1.31 bits per heavy atom. The van der Waals surface area contributed by atoms with Gasteiger partial charge in [0.25, 0.3) is 0 Å². The number of aliphatic hydroxyl groups is 1. The van der Waals surface area contributed by atoms with Crippen molar-refractivity contribution < 1.29 is 5.11 Å². The number of benzene rings is 1. The highest BCUT2D eigenvalue weighted by atomic mass is 32.2. The van der Waals surface area contributed by atoms with Crippen LogP contribution >= 0.6 is 11.8 Å². The van der Waals surface area contributed by atoms with Gasteiger partial charge in [-0.1, -0.05) is 0 Å². The van der Waals surface area contributed by atoms with Gasteiger partial charge >= 0.3 is 0 Å². The van der Waals surface area contributed by atoms with Gasteiger partial charge in [0.05, 0.1) is 11.1 Å². The van der Waals surface area contributed by atoms with E-state index in [-0.39, 0.29) is 0 Å². The number of anilines is 1. The molecule has 3 aromatic rings. The van der Waals surface area contributed by atoms with Crippen LogP contribution in [-0.4, -0.2) is 54.8 Å². The van der Waals surface area contributed by atoms with Crippen LogP contribution in [0, 0.1) is 0 Å². The first-order valence-corrected chi connectivity index (χ1v) is 9.89. The molecule has 1 saturated heterocycles. The summed E-state index contributed by atoms with van der Waals surface area (Å²) < 4.78 is 1.86. The molecule has 8 heteroatoms. The first-order chi connectivity index (χ1) is 12.6. The molecule has 4 rings (SSSR count).